The topological polar surface area (TPSA) is 67.9 Å². The number of nitrogens with zero attached hydrogens (tertiary/aromatic N) is 1. The average molecular weight is 310 g/mol. The first-order chi connectivity index (χ1) is 10.2. The number of hydrogen-bond donors (Lipinski definition) is 1. The Morgan fingerprint density at radius 3 is 2.86 bits per heavy atom. The minimum Gasteiger partial charge on any atom is -0.444 e. The predicted octanol–water partition coefficient (Wildman–Crippen LogP) is 2.68. The zero-order valence-electron chi connectivity index (χ0n) is 12.8. The van der Waals surface area contributed by atoms with Gasteiger partial charge in [-0.2, -0.15) is 0 Å². The van der Waals surface area contributed by atoms with Gasteiger partial charge in [0.15, 0.2) is 0 Å². The van der Waals surface area contributed by atoms with Crippen LogP contribution >= 0.6 is 0 Å². The van der Waals surface area contributed by atoms with Crippen molar-refractivity contribution in [3.63, 3.8) is 0 Å². The van der Waals surface area contributed by atoms with E-state index in [2.05, 4.69) is 5.32 Å². The van der Waals surface area contributed by atoms with Crippen molar-refractivity contribution in [1.29, 1.82) is 0 Å². The van der Waals surface area contributed by atoms with E-state index in [-0.39, 0.29) is 13.1 Å². The Labute approximate surface area is 128 Å². The highest BCUT2D eigenvalue weighted by molar-refractivity contribution is 5.89. The van der Waals surface area contributed by atoms with Crippen LogP contribution < -0.4 is 10.2 Å². The Kier molecular flexibility index (Phi) is 4.54. The largest absolute Gasteiger partial charge is 0.444 e. The van der Waals surface area contributed by atoms with Gasteiger partial charge in [0.2, 0.25) is 0 Å². The van der Waals surface area contributed by atoms with E-state index >= 15 is 0 Å². The lowest BCUT2D eigenvalue weighted by atomic mass is 10.2. The maximum atomic E-state index is 13.2. The van der Waals surface area contributed by atoms with Crippen molar-refractivity contribution < 1.29 is 23.5 Å². The van der Waals surface area contributed by atoms with Crippen molar-refractivity contribution in [3.05, 3.63) is 30.1 Å². The molecule has 0 radical (unpaired) electrons. The van der Waals surface area contributed by atoms with Crippen LogP contribution in [0, 0.1) is 5.82 Å². The molecule has 1 heterocycles. The molecule has 120 valence electrons. The Morgan fingerprint density at radius 2 is 2.23 bits per heavy atom. The van der Waals surface area contributed by atoms with Gasteiger partial charge in [-0.05, 0) is 39.0 Å². The Bertz CT molecular complexity index is 571. The van der Waals surface area contributed by atoms with Crippen molar-refractivity contribution in [2.45, 2.75) is 32.5 Å². The third-order valence-corrected chi connectivity index (χ3v) is 2.87. The fourth-order valence-electron chi connectivity index (χ4n) is 1.99. The summed E-state index contributed by atoms with van der Waals surface area (Å²) in [5.74, 6) is -0.430. The van der Waals surface area contributed by atoms with Gasteiger partial charge in [-0.3, -0.25) is 4.90 Å². The number of alkyl carbamates (subject to hydrolysis) is 1. The number of hydrogen-bond acceptors (Lipinski definition) is 4. The van der Waals surface area contributed by atoms with E-state index in [1.54, 1.807) is 26.8 Å². The summed E-state index contributed by atoms with van der Waals surface area (Å²) in [6.07, 6.45) is -1.65. The number of anilines is 1. The minimum atomic E-state index is -0.593. The molecule has 1 unspecified atom stereocenters. The van der Waals surface area contributed by atoms with Crippen LogP contribution in [0.5, 0.6) is 0 Å². The van der Waals surface area contributed by atoms with Crippen molar-refractivity contribution >= 4 is 17.9 Å². The van der Waals surface area contributed by atoms with Crippen molar-refractivity contribution in [2.75, 3.05) is 18.0 Å². The van der Waals surface area contributed by atoms with Crippen LogP contribution in [0.15, 0.2) is 24.3 Å². The van der Waals surface area contributed by atoms with Gasteiger partial charge in [0.05, 0.1) is 18.8 Å². The fourth-order valence-corrected chi connectivity index (χ4v) is 1.99. The van der Waals surface area contributed by atoms with E-state index in [1.807, 2.05) is 0 Å². The summed E-state index contributed by atoms with van der Waals surface area (Å²) in [7, 11) is 0. The molecule has 7 heteroatoms. The standard InChI is InChI=1S/C15H19FN2O4/c1-15(2,3)22-13(19)17-8-12-9-18(14(20)21-12)11-6-4-5-10(16)7-11/h4-7,12H,8-9H2,1-3H3,(H,17,19). The van der Waals surface area contributed by atoms with E-state index < -0.39 is 29.7 Å². The van der Waals surface area contributed by atoms with Crippen molar-refractivity contribution in [1.82, 2.24) is 5.32 Å². The number of halogens is 1. The SMILES string of the molecule is CC(C)(C)OC(=O)NCC1CN(c2cccc(F)c2)C(=O)O1. The molecule has 1 saturated heterocycles. The lowest BCUT2D eigenvalue weighted by molar-refractivity contribution is 0.0496. The fraction of sp³-hybridized carbons (Fsp3) is 0.467. The molecule has 0 aromatic heterocycles. The predicted molar refractivity (Wildman–Crippen MR) is 78.3 cm³/mol. The number of ether oxygens (including phenoxy) is 2. The third kappa shape index (κ3) is 4.34. The number of carbonyl (C=O) groups is 2. The van der Waals surface area contributed by atoms with Gasteiger partial charge in [-0.15, -0.1) is 0 Å². The van der Waals surface area contributed by atoms with Gasteiger partial charge in [0.1, 0.15) is 17.5 Å². The molecule has 22 heavy (non-hydrogen) atoms. The number of carbonyl (C=O) groups excluding carboxylic acids is 2. The molecule has 0 aliphatic carbocycles. The summed E-state index contributed by atoms with van der Waals surface area (Å²) in [5, 5.41) is 2.55. The maximum Gasteiger partial charge on any atom is 0.414 e. The van der Waals surface area contributed by atoms with Crippen LogP contribution in [-0.2, 0) is 9.47 Å². The van der Waals surface area contributed by atoms with E-state index in [9.17, 15) is 14.0 Å². The number of amides is 2. The quantitative estimate of drug-likeness (QED) is 0.932. The van der Waals surface area contributed by atoms with Gasteiger partial charge in [-0.25, -0.2) is 14.0 Å². The number of nitrogens with one attached hydrogen (secondary N) is 1. The second kappa shape index (κ2) is 6.21. The van der Waals surface area contributed by atoms with Crippen LogP contribution in [0.25, 0.3) is 0 Å². The van der Waals surface area contributed by atoms with E-state index in [1.165, 1.54) is 23.1 Å². The molecule has 1 aromatic carbocycles. The molecule has 0 bridgehead atoms. The normalized spacial score (nSPS) is 18.1. The lowest BCUT2D eigenvalue weighted by Gasteiger charge is -2.20. The van der Waals surface area contributed by atoms with Crippen LogP contribution in [0.2, 0.25) is 0 Å². The first kappa shape index (κ1) is 16.1. The van der Waals surface area contributed by atoms with Gasteiger partial charge in [0, 0.05) is 0 Å². The zero-order valence-corrected chi connectivity index (χ0v) is 12.8. The van der Waals surface area contributed by atoms with Gasteiger partial charge >= 0.3 is 12.2 Å². The summed E-state index contributed by atoms with van der Waals surface area (Å²) in [6, 6.07) is 5.69. The zero-order chi connectivity index (χ0) is 16.3. The molecular weight excluding hydrogens is 291 g/mol. The van der Waals surface area contributed by atoms with E-state index in [4.69, 9.17) is 9.47 Å². The lowest BCUT2D eigenvalue weighted by Crippen LogP contribution is -2.38. The first-order valence-corrected chi connectivity index (χ1v) is 6.95. The molecule has 2 rings (SSSR count). The summed E-state index contributed by atoms with van der Waals surface area (Å²) < 4.78 is 23.4. The van der Waals surface area contributed by atoms with Crippen molar-refractivity contribution in [3.8, 4) is 0 Å². The third-order valence-electron chi connectivity index (χ3n) is 2.87. The van der Waals surface area contributed by atoms with E-state index in [0.717, 1.165) is 0 Å². The molecular formula is C15H19FN2O4. The summed E-state index contributed by atoms with van der Waals surface area (Å²) in [5.41, 5.74) is -0.172. The highest BCUT2D eigenvalue weighted by atomic mass is 19.1. The van der Waals surface area contributed by atoms with Crippen LogP contribution in [-0.4, -0.2) is 37.0 Å². The smallest absolute Gasteiger partial charge is 0.414 e. The summed E-state index contributed by atoms with van der Waals surface area (Å²) in [4.78, 5) is 24.7. The number of cyclic esters (lactones) is 1. The molecule has 2 amide bonds. The number of rotatable bonds is 3. The molecule has 6 nitrogen and oxygen atoms in total. The monoisotopic (exact) mass is 310 g/mol. The molecule has 0 saturated carbocycles. The molecule has 1 fully saturated rings. The molecule has 1 aromatic rings. The highest BCUT2D eigenvalue weighted by Gasteiger charge is 2.33. The van der Waals surface area contributed by atoms with Gasteiger partial charge in [-0.1, -0.05) is 6.07 Å². The average Bonchev–Trinajstić information content (AvgIpc) is 2.76. The highest BCUT2D eigenvalue weighted by Crippen LogP contribution is 2.22. The Balaban J connectivity index is 1.89. The second-order valence-electron chi connectivity index (χ2n) is 5.98. The molecule has 1 atom stereocenters. The van der Waals surface area contributed by atoms with Crippen LogP contribution in [0.3, 0.4) is 0 Å². The summed E-state index contributed by atoms with van der Waals surface area (Å²) in [6.45, 7) is 5.64. The maximum absolute atomic E-state index is 13.2. The molecule has 1 aliphatic heterocycles. The summed E-state index contributed by atoms with van der Waals surface area (Å²) >= 11 is 0. The first-order valence-electron chi connectivity index (χ1n) is 6.95. The van der Waals surface area contributed by atoms with Crippen LogP contribution in [0.1, 0.15) is 20.8 Å². The Hall–Kier alpha value is -2.31. The molecule has 0 spiro atoms. The molecule has 1 aliphatic rings. The van der Waals surface area contributed by atoms with Gasteiger partial charge < -0.3 is 14.8 Å². The van der Waals surface area contributed by atoms with E-state index in [0.29, 0.717) is 5.69 Å². The van der Waals surface area contributed by atoms with Crippen molar-refractivity contribution in [2.24, 2.45) is 0 Å². The molecule has 1 N–H and O–H groups in total. The Morgan fingerprint density at radius 1 is 1.50 bits per heavy atom. The number of benzene rings is 1. The van der Waals surface area contributed by atoms with Gasteiger partial charge in [0.25, 0.3) is 0 Å². The second-order valence-corrected chi connectivity index (χ2v) is 5.98. The minimum absolute atomic E-state index is 0.131. The van der Waals surface area contributed by atoms with Crippen LogP contribution in [0.4, 0.5) is 19.7 Å².